The molecule has 2 N–H and O–H groups in total. The molecule has 0 aliphatic carbocycles. The van der Waals surface area contributed by atoms with Gasteiger partial charge in [0, 0.05) is 12.0 Å². The molecule has 0 heterocycles. The molecular formula is C16H27NO2. The first-order valence-electron chi connectivity index (χ1n) is 6.84. The van der Waals surface area contributed by atoms with Gasteiger partial charge in [0.2, 0.25) is 0 Å². The van der Waals surface area contributed by atoms with Crippen molar-refractivity contribution in [3.05, 3.63) is 29.8 Å². The maximum atomic E-state index is 9.29. The van der Waals surface area contributed by atoms with E-state index in [4.69, 9.17) is 4.74 Å². The minimum Gasteiger partial charge on any atom is -0.494 e. The summed E-state index contributed by atoms with van der Waals surface area (Å²) in [5, 5.41) is 12.4. The topological polar surface area (TPSA) is 41.5 Å². The number of aliphatic hydroxyl groups is 1. The number of aliphatic hydroxyl groups excluding tert-OH is 1. The van der Waals surface area contributed by atoms with Crippen molar-refractivity contribution < 1.29 is 9.84 Å². The number of rotatable bonds is 6. The number of ether oxygens (including phenoxy) is 1. The summed E-state index contributed by atoms with van der Waals surface area (Å²) < 4.78 is 5.72. The van der Waals surface area contributed by atoms with Crippen LogP contribution < -0.4 is 10.1 Å². The van der Waals surface area contributed by atoms with E-state index in [1.807, 2.05) is 26.1 Å². The molecule has 0 saturated carbocycles. The number of hydrogen-bond acceptors (Lipinski definition) is 3. The fraction of sp³-hybridized carbons (Fsp3) is 0.625. The lowest BCUT2D eigenvalue weighted by atomic mass is 9.87. The van der Waals surface area contributed by atoms with Crippen molar-refractivity contribution in [1.29, 1.82) is 0 Å². The van der Waals surface area contributed by atoms with Gasteiger partial charge >= 0.3 is 0 Å². The summed E-state index contributed by atoms with van der Waals surface area (Å²) >= 11 is 0. The molecule has 0 amide bonds. The van der Waals surface area contributed by atoms with Crippen LogP contribution in [-0.4, -0.2) is 30.9 Å². The van der Waals surface area contributed by atoms with Gasteiger partial charge in [-0.15, -0.1) is 0 Å². The Morgan fingerprint density at radius 2 is 1.68 bits per heavy atom. The van der Waals surface area contributed by atoms with Gasteiger partial charge < -0.3 is 15.2 Å². The molecule has 0 aromatic heterocycles. The third kappa shape index (κ3) is 4.84. The van der Waals surface area contributed by atoms with E-state index in [9.17, 15) is 5.11 Å². The minimum atomic E-state index is -0.272. The first-order chi connectivity index (χ1) is 8.80. The lowest BCUT2D eigenvalue weighted by molar-refractivity contribution is 0.151. The van der Waals surface area contributed by atoms with Crippen molar-refractivity contribution in [1.82, 2.24) is 5.32 Å². The SMILES string of the molecule is CNC(C)(CO)CCOc1ccc(C(C)(C)C)cc1. The number of hydrogen-bond donors (Lipinski definition) is 2. The van der Waals surface area contributed by atoms with Crippen molar-refractivity contribution in [2.24, 2.45) is 0 Å². The Balaban J connectivity index is 2.51. The van der Waals surface area contributed by atoms with Gasteiger partial charge in [-0.1, -0.05) is 32.9 Å². The van der Waals surface area contributed by atoms with Crippen LogP contribution in [0, 0.1) is 0 Å². The highest BCUT2D eigenvalue weighted by molar-refractivity contribution is 5.31. The number of benzene rings is 1. The summed E-state index contributed by atoms with van der Waals surface area (Å²) in [4.78, 5) is 0. The van der Waals surface area contributed by atoms with Gasteiger partial charge in [-0.25, -0.2) is 0 Å². The van der Waals surface area contributed by atoms with Crippen LogP contribution in [0.4, 0.5) is 0 Å². The van der Waals surface area contributed by atoms with Gasteiger partial charge in [-0.2, -0.15) is 0 Å². The second-order valence-electron chi connectivity index (χ2n) is 6.34. The van der Waals surface area contributed by atoms with Crippen LogP contribution in [0.1, 0.15) is 39.7 Å². The smallest absolute Gasteiger partial charge is 0.119 e. The summed E-state index contributed by atoms with van der Waals surface area (Å²) in [5.41, 5.74) is 1.20. The molecule has 108 valence electrons. The van der Waals surface area contributed by atoms with E-state index >= 15 is 0 Å². The number of likely N-dealkylation sites (N-methyl/N-ethyl adjacent to an activating group) is 1. The van der Waals surface area contributed by atoms with E-state index in [0.717, 1.165) is 12.2 Å². The van der Waals surface area contributed by atoms with E-state index in [-0.39, 0.29) is 17.6 Å². The second-order valence-corrected chi connectivity index (χ2v) is 6.34. The summed E-state index contributed by atoms with van der Waals surface area (Å²) in [6.45, 7) is 9.27. The third-order valence-corrected chi connectivity index (χ3v) is 3.60. The highest BCUT2D eigenvalue weighted by Gasteiger charge is 2.20. The monoisotopic (exact) mass is 265 g/mol. The van der Waals surface area contributed by atoms with Crippen molar-refractivity contribution in [3.63, 3.8) is 0 Å². The highest BCUT2D eigenvalue weighted by atomic mass is 16.5. The van der Waals surface area contributed by atoms with Gasteiger partial charge in [-0.05, 0) is 37.1 Å². The molecule has 0 bridgehead atoms. The van der Waals surface area contributed by atoms with Crippen LogP contribution in [0.25, 0.3) is 0 Å². The molecule has 1 unspecified atom stereocenters. The zero-order valence-electron chi connectivity index (χ0n) is 12.8. The fourth-order valence-electron chi connectivity index (χ4n) is 1.73. The van der Waals surface area contributed by atoms with Crippen molar-refractivity contribution in [2.45, 2.75) is 45.1 Å². The lowest BCUT2D eigenvalue weighted by Crippen LogP contribution is -2.44. The van der Waals surface area contributed by atoms with E-state index in [2.05, 4.69) is 38.2 Å². The largest absolute Gasteiger partial charge is 0.494 e. The standard InChI is InChI=1S/C16H27NO2/c1-15(2,3)13-6-8-14(9-7-13)19-11-10-16(4,12-18)17-5/h6-9,17-18H,10-12H2,1-5H3. The Morgan fingerprint density at radius 3 is 2.11 bits per heavy atom. The first-order valence-corrected chi connectivity index (χ1v) is 6.84. The van der Waals surface area contributed by atoms with E-state index in [1.54, 1.807) is 0 Å². The summed E-state index contributed by atoms with van der Waals surface area (Å²) in [6.07, 6.45) is 0.765. The molecule has 19 heavy (non-hydrogen) atoms. The molecule has 0 radical (unpaired) electrons. The second kappa shape index (κ2) is 6.40. The zero-order valence-corrected chi connectivity index (χ0v) is 12.8. The fourth-order valence-corrected chi connectivity index (χ4v) is 1.73. The van der Waals surface area contributed by atoms with Crippen LogP contribution in [0.2, 0.25) is 0 Å². The predicted molar refractivity (Wildman–Crippen MR) is 79.8 cm³/mol. The van der Waals surface area contributed by atoms with Crippen LogP contribution >= 0.6 is 0 Å². The maximum absolute atomic E-state index is 9.29. The highest BCUT2D eigenvalue weighted by Crippen LogP contribution is 2.24. The average molecular weight is 265 g/mol. The Bertz CT molecular complexity index is 375. The zero-order chi connectivity index (χ0) is 14.5. The summed E-state index contributed by atoms with van der Waals surface area (Å²) in [7, 11) is 1.86. The molecule has 0 fully saturated rings. The van der Waals surface area contributed by atoms with Crippen molar-refractivity contribution in [3.8, 4) is 5.75 Å². The van der Waals surface area contributed by atoms with Crippen LogP contribution in [0.3, 0.4) is 0 Å². The molecule has 3 nitrogen and oxygen atoms in total. The summed E-state index contributed by atoms with van der Waals surface area (Å²) in [5.74, 6) is 0.879. The quantitative estimate of drug-likeness (QED) is 0.831. The van der Waals surface area contributed by atoms with Crippen LogP contribution in [-0.2, 0) is 5.41 Å². The molecule has 3 heteroatoms. The molecule has 0 saturated heterocycles. The van der Waals surface area contributed by atoms with Crippen LogP contribution in [0.5, 0.6) is 5.75 Å². The van der Waals surface area contributed by atoms with E-state index < -0.39 is 0 Å². The van der Waals surface area contributed by atoms with Crippen molar-refractivity contribution in [2.75, 3.05) is 20.3 Å². The van der Waals surface area contributed by atoms with Gasteiger partial charge in [0.25, 0.3) is 0 Å². The Hall–Kier alpha value is -1.06. The lowest BCUT2D eigenvalue weighted by Gasteiger charge is -2.26. The van der Waals surface area contributed by atoms with Gasteiger partial charge in [-0.3, -0.25) is 0 Å². The molecule has 1 rings (SSSR count). The van der Waals surface area contributed by atoms with E-state index in [1.165, 1.54) is 5.56 Å². The van der Waals surface area contributed by atoms with Crippen molar-refractivity contribution >= 4 is 0 Å². The Labute approximate surface area is 117 Å². The molecule has 0 aliphatic heterocycles. The molecule has 0 spiro atoms. The van der Waals surface area contributed by atoms with Gasteiger partial charge in [0.05, 0.1) is 13.2 Å². The molecule has 1 aromatic carbocycles. The van der Waals surface area contributed by atoms with Gasteiger partial charge in [0.15, 0.2) is 0 Å². The third-order valence-electron chi connectivity index (χ3n) is 3.60. The van der Waals surface area contributed by atoms with E-state index in [0.29, 0.717) is 6.61 Å². The Morgan fingerprint density at radius 1 is 1.11 bits per heavy atom. The molecule has 1 atom stereocenters. The van der Waals surface area contributed by atoms with Crippen LogP contribution in [0.15, 0.2) is 24.3 Å². The maximum Gasteiger partial charge on any atom is 0.119 e. The first kappa shape index (κ1) is 16.0. The summed E-state index contributed by atoms with van der Waals surface area (Å²) in [6, 6.07) is 8.24. The number of nitrogens with one attached hydrogen (secondary N) is 1. The molecule has 1 aromatic rings. The normalized spacial score (nSPS) is 15.1. The molecular weight excluding hydrogens is 238 g/mol. The Kier molecular flexibility index (Phi) is 5.39. The average Bonchev–Trinajstić information content (AvgIpc) is 2.38. The predicted octanol–water partition coefficient (Wildman–Crippen LogP) is 2.72. The van der Waals surface area contributed by atoms with Gasteiger partial charge in [0.1, 0.15) is 5.75 Å². The molecule has 0 aliphatic rings. The minimum absolute atomic E-state index is 0.107.